The SMILES string of the molecule is CNC(N)(O)OF. The van der Waals surface area contributed by atoms with Gasteiger partial charge in [0.2, 0.25) is 0 Å². The Kier molecular flexibility index (Phi) is 2.10. The summed E-state index contributed by atoms with van der Waals surface area (Å²) in [5.74, 6) is 0. The van der Waals surface area contributed by atoms with Gasteiger partial charge in [0.05, 0.1) is 0 Å². The summed E-state index contributed by atoms with van der Waals surface area (Å²) >= 11 is 0. The van der Waals surface area contributed by atoms with Crippen molar-refractivity contribution in [3.05, 3.63) is 0 Å². The Morgan fingerprint density at radius 2 is 2.43 bits per heavy atom. The molecule has 0 aromatic carbocycles. The molecule has 0 heterocycles. The normalized spacial score (nSPS) is 18.9. The number of hydrogen-bond donors (Lipinski definition) is 3. The van der Waals surface area contributed by atoms with Gasteiger partial charge in [0.15, 0.2) is 0 Å². The Morgan fingerprint density at radius 1 is 2.00 bits per heavy atom. The summed E-state index contributed by atoms with van der Waals surface area (Å²) in [5.41, 5.74) is 4.56. The average Bonchev–Trinajstić information content (AvgIpc) is 1.68. The monoisotopic (exact) mass is 110 g/mol. The predicted octanol–water partition coefficient (Wildman–Crippen LogP) is -1.33. The number of rotatable bonds is 2. The molecule has 0 fully saturated rings. The highest BCUT2D eigenvalue weighted by atomic mass is 19.3. The third-order valence-electron chi connectivity index (χ3n) is 0.476. The second-order valence-corrected chi connectivity index (χ2v) is 1.02. The molecule has 0 saturated carbocycles. The highest BCUT2D eigenvalue weighted by Crippen LogP contribution is 1.88. The van der Waals surface area contributed by atoms with Gasteiger partial charge in [0, 0.05) is 0 Å². The zero-order valence-electron chi connectivity index (χ0n) is 3.81. The summed E-state index contributed by atoms with van der Waals surface area (Å²) in [5, 5.41) is 10.1. The van der Waals surface area contributed by atoms with Crippen molar-refractivity contribution < 1.29 is 14.6 Å². The molecule has 1 unspecified atom stereocenters. The molecular weight excluding hydrogens is 103 g/mol. The van der Waals surface area contributed by atoms with Crippen LogP contribution in [0.4, 0.5) is 4.53 Å². The Labute approximate surface area is 40.0 Å². The fraction of sp³-hybridized carbons (Fsp3) is 1.00. The van der Waals surface area contributed by atoms with Crippen molar-refractivity contribution in [2.24, 2.45) is 5.73 Å². The number of nitrogens with two attached hydrogens (primary N) is 1. The van der Waals surface area contributed by atoms with E-state index in [4.69, 9.17) is 5.11 Å². The topological polar surface area (TPSA) is 67.5 Å². The minimum atomic E-state index is -2.33. The maximum Gasteiger partial charge on any atom is 0.320 e. The van der Waals surface area contributed by atoms with E-state index >= 15 is 0 Å². The summed E-state index contributed by atoms with van der Waals surface area (Å²) in [4.78, 5) is 2.81. The first kappa shape index (κ1) is 6.77. The van der Waals surface area contributed by atoms with Crippen molar-refractivity contribution in [3.8, 4) is 0 Å². The van der Waals surface area contributed by atoms with Gasteiger partial charge in [-0.1, -0.05) is 0 Å². The zero-order valence-corrected chi connectivity index (χ0v) is 3.81. The molecule has 44 valence electrons. The molecule has 7 heavy (non-hydrogen) atoms. The molecule has 0 bridgehead atoms. The Balaban J connectivity index is 3.36. The highest BCUT2D eigenvalue weighted by Gasteiger charge is 2.18. The second kappa shape index (κ2) is 2.17. The third-order valence-corrected chi connectivity index (χ3v) is 0.476. The van der Waals surface area contributed by atoms with Crippen LogP contribution in [0.15, 0.2) is 0 Å². The zero-order chi connectivity index (χ0) is 5.91. The average molecular weight is 110 g/mol. The summed E-state index contributed by atoms with van der Waals surface area (Å²) in [6.07, 6.45) is 0. The first-order chi connectivity index (χ1) is 3.12. The van der Waals surface area contributed by atoms with Gasteiger partial charge in [0.1, 0.15) is 0 Å². The molecule has 0 amide bonds. The maximum absolute atomic E-state index is 10.8. The fourth-order valence-electron chi connectivity index (χ4n) is 0.0386. The Bertz CT molecular complexity index is 51.7. The van der Waals surface area contributed by atoms with E-state index in [-0.39, 0.29) is 0 Å². The highest BCUT2D eigenvalue weighted by molar-refractivity contribution is 4.42. The molecule has 0 aliphatic carbocycles. The molecule has 4 nitrogen and oxygen atoms in total. The van der Waals surface area contributed by atoms with Crippen molar-refractivity contribution in [1.82, 2.24) is 5.32 Å². The van der Waals surface area contributed by atoms with Gasteiger partial charge in [-0.3, -0.25) is 11.1 Å². The van der Waals surface area contributed by atoms with E-state index in [9.17, 15) is 4.53 Å². The lowest BCUT2D eigenvalue weighted by Gasteiger charge is -2.13. The summed E-state index contributed by atoms with van der Waals surface area (Å²) in [6.45, 7) is 0. The lowest BCUT2D eigenvalue weighted by molar-refractivity contribution is -0.337. The van der Waals surface area contributed by atoms with Gasteiger partial charge in [-0.25, -0.2) is 0 Å². The van der Waals surface area contributed by atoms with E-state index in [1.54, 1.807) is 0 Å². The quantitative estimate of drug-likeness (QED) is 0.385. The first-order valence-electron chi connectivity index (χ1n) is 1.62. The van der Waals surface area contributed by atoms with Crippen LogP contribution in [-0.4, -0.2) is 18.2 Å². The van der Waals surface area contributed by atoms with Gasteiger partial charge in [-0.05, 0) is 11.6 Å². The summed E-state index contributed by atoms with van der Waals surface area (Å²) in [6, 6.07) is -2.33. The molecule has 0 aromatic rings. The predicted molar refractivity (Wildman–Crippen MR) is 20.4 cm³/mol. The van der Waals surface area contributed by atoms with Crippen LogP contribution in [0.2, 0.25) is 0 Å². The van der Waals surface area contributed by atoms with E-state index in [2.05, 4.69) is 10.7 Å². The summed E-state index contributed by atoms with van der Waals surface area (Å²) < 4.78 is 10.8. The van der Waals surface area contributed by atoms with Crippen molar-refractivity contribution in [1.29, 1.82) is 0 Å². The molecular formula is C2H7FN2O2. The Morgan fingerprint density at radius 3 is 2.43 bits per heavy atom. The van der Waals surface area contributed by atoms with E-state index in [0.717, 1.165) is 0 Å². The smallest absolute Gasteiger partial charge is 0.320 e. The van der Waals surface area contributed by atoms with Crippen LogP contribution in [0, 0.1) is 0 Å². The van der Waals surface area contributed by atoms with Gasteiger partial charge >= 0.3 is 6.03 Å². The number of halogens is 1. The molecule has 0 aromatic heterocycles. The molecule has 4 N–H and O–H groups in total. The van der Waals surface area contributed by atoms with Crippen LogP contribution in [0.5, 0.6) is 0 Å². The van der Waals surface area contributed by atoms with Crippen LogP contribution in [-0.2, 0) is 4.94 Å². The molecule has 0 aliphatic heterocycles. The van der Waals surface area contributed by atoms with Gasteiger partial charge in [-0.2, -0.15) is 0 Å². The molecule has 0 spiro atoms. The molecule has 0 aliphatic rings. The third kappa shape index (κ3) is 2.46. The lowest BCUT2D eigenvalue weighted by Crippen LogP contribution is -2.52. The van der Waals surface area contributed by atoms with E-state index < -0.39 is 6.03 Å². The minimum Gasteiger partial charge on any atom is -0.339 e. The van der Waals surface area contributed by atoms with Crippen LogP contribution < -0.4 is 11.1 Å². The number of hydrogen-bond acceptors (Lipinski definition) is 4. The molecule has 5 heteroatoms. The van der Waals surface area contributed by atoms with Crippen LogP contribution in [0.3, 0.4) is 0 Å². The molecule has 0 rings (SSSR count). The largest absolute Gasteiger partial charge is 0.339 e. The fourth-order valence-corrected chi connectivity index (χ4v) is 0.0386. The van der Waals surface area contributed by atoms with Crippen molar-refractivity contribution in [2.75, 3.05) is 7.05 Å². The lowest BCUT2D eigenvalue weighted by atomic mass is 10.9. The summed E-state index contributed by atoms with van der Waals surface area (Å²) in [7, 11) is 1.25. The van der Waals surface area contributed by atoms with E-state index in [1.807, 2.05) is 5.32 Å². The van der Waals surface area contributed by atoms with Crippen molar-refractivity contribution >= 4 is 0 Å². The van der Waals surface area contributed by atoms with Crippen molar-refractivity contribution in [3.63, 3.8) is 0 Å². The molecule has 1 atom stereocenters. The van der Waals surface area contributed by atoms with Crippen LogP contribution in [0.25, 0.3) is 0 Å². The van der Waals surface area contributed by atoms with Gasteiger partial charge in [0.25, 0.3) is 0 Å². The van der Waals surface area contributed by atoms with E-state index in [1.165, 1.54) is 7.05 Å². The first-order valence-corrected chi connectivity index (χ1v) is 1.62. The Hall–Kier alpha value is -0.230. The number of nitrogens with one attached hydrogen (secondary N) is 1. The van der Waals surface area contributed by atoms with Crippen LogP contribution in [0.1, 0.15) is 0 Å². The molecule has 0 radical (unpaired) electrons. The maximum atomic E-state index is 10.8. The van der Waals surface area contributed by atoms with E-state index in [0.29, 0.717) is 0 Å². The van der Waals surface area contributed by atoms with Gasteiger partial charge in [-0.15, -0.1) is 4.94 Å². The van der Waals surface area contributed by atoms with Gasteiger partial charge < -0.3 is 5.11 Å². The standard InChI is InChI=1S/C2H7FN2O2/c1-5-2(4,6)7-3/h5-6H,4H2,1H3. The van der Waals surface area contributed by atoms with Crippen molar-refractivity contribution in [2.45, 2.75) is 6.03 Å². The molecule has 0 saturated heterocycles. The number of aliphatic hydroxyl groups is 1. The second-order valence-electron chi connectivity index (χ2n) is 1.02. The minimum absolute atomic E-state index is 1.25. The van der Waals surface area contributed by atoms with Crippen LogP contribution >= 0.6 is 0 Å².